The monoisotopic (exact) mass is 288 g/mol. The summed E-state index contributed by atoms with van der Waals surface area (Å²) in [6.45, 7) is 0.162. The summed E-state index contributed by atoms with van der Waals surface area (Å²) in [6.07, 6.45) is -0.614. The number of hydrogen-bond acceptors (Lipinski definition) is 6. The van der Waals surface area contributed by atoms with Gasteiger partial charge in [-0.2, -0.15) is 4.31 Å². The second-order valence-electron chi connectivity index (χ2n) is 4.22. The molecule has 1 heterocycles. The molecule has 0 amide bonds. The summed E-state index contributed by atoms with van der Waals surface area (Å²) in [5, 5.41) is 9.21. The molecule has 0 atom stereocenters. The molecule has 0 unspecified atom stereocenters. The fraction of sp³-hybridized carbons (Fsp3) is 0.455. The van der Waals surface area contributed by atoms with Crippen molar-refractivity contribution in [1.82, 2.24) is 4.31 Å². The summed E-state index contributed by atoms with van der Waals surface area (Å²) in [6, 6.07) is 2.73. The maximum atomic E-state index is 12.3. The van der Waals surface area contributed by atoms with E-state index < -0.39 is 16.1 Å². The van der Waals surface area contributed by atoms with E-state index in [4.69, 9.17) is 15.2 Å². The molecule has 1 aliphatic rings. The van der Waals surface area contributed by atoms with Gasteiger partial charge in [-0.15, -0.1) is 0 Å². The molecule has 0 spiro atoms. The molecule has 0 aliphatic carbocycles. The van der Waals surface area contributed by atoms with Crippen LogP contribution in [0.15, 0.2) is 17.0 Å². The van der Waals surface area contributed by atoms with Gasteiger partial charge in [-0.1, -0.05) is 0 Å². The van der Waals surface area contributed by atoms with Gasteiger partial charge < -0.3 is 20.3 Å². The number of nitrogen functional groups attached to an aromatic ring is 1. The van der Waals surface area contributed by atoms with E-state index in [9.17, 15) is 13.5 Å². The van der Waals surface area contributed by atoms with E-state index in [1.807, 2.05) is 0 Å². The molecule has 1 aromatic carbocycles. The lowest BCUT2D eigenvalue weighted by atomic mass is 10.2. The van der Waals surface area contributed by atoms with Gasteiger partial charge in [0.2, 0.25) is 10.0 Å². The van der Waals surface area contributed by atoms with Gasteiger partial charge >= 0.3 is 0 Å². The van der Waals surface area contributed by atoms with Gasteiger partial charge in [0, 0.05) is 19.2 Å². The van der Waals surface area contributed by atoms with Gasteiger partial charge in [-0.05, 0) is 6.07 Å². The van der Waals surface area contributed by atoms with Crippen molar-refractivity contribution in [2.75, 3.05) is 33.0 Å². The van der Waals surface area contributed by atoms with Crippen LogP contribution in [0.25, 0.3) is 0 Å². The van der Waals surface area contributed by atoms with Gasteiger partial charge in [0.05, 0.1) is 26.0 Å². The number of aliphatic hydroxyl groups is 1. The number of hydrogen-bond donors (Lipinski definition) is 2. The van der Waals surface area contributed by atoms with Crippen LogP contribution in [-0.4, -0.2) is 51.2 Å². The standard InChI is InChI=1S/C11H16N2O5S/c1-17-9-4-10(18-2)11(3-8(9)12)19(15,16)13-5-7(14)6-13/h3-4,7,14H,5-6,12H2,1-2H3. The Kier molecular flexibility index (Phi) is 3.57. The molecule has 1 aromatic rings. The zero-order valence-electron chi connectivity index (χ0n) is 10.7. The van der Waals surface area contributed by atoms with Gasteiger partial charge in [0.25, 0.3) is 0 Å². The van der Waals surface area contributed by atoms with Crippen LogP contribution in [0.5, 0.6) is 11.5 Å². The van der Waals surface area contributed by atoms with E-state index in [-0.39, 0.29) is 29.4 Å². The highest BCUT2D eigenvalue weighted by Gasteiger charge is 2.37. The smallest absolute Gasteiger partial charge is 0.247 e. The lowest BCUT2D eigenvalue weighted by Gasteiger charge is -2.34. The number of nitrogens with zero attached hydrogens (tertiary/aromatic N) is 1. The first-order chi connectivity index (χ1) is 8.90. The summed E-state index contributed by atoms with van der Waals surface area (Å²) in [4.78, 5) is -0.0276. The van der Waals surface area contributed by atoms with E-state index in [1.54, 1.807) is 0 Å². The molecular formula is C11H16N2O5S. The SMILES string of the molecule is COc1cc(OC)c(S(=O)(=O)N2CC(O)C2)cc1N. The van der Waals surface area contributed by atoms with Crippen molar-refractivity contribution in [2.45, 2.75) is 11.0 Å². The highest BCUT2D eigenvalue weighted by molar-refractivity contribution is 7.89. The molecule has 1 aliphatic heterocycles. The molecule has 7 nitrogen and oxygen atoms in total. The van der Waals surface area contributed by atoms with Gasteiger partial charge in [0.15, 0.2) is 0 Å². The van der Waals surface area contributed by atoms with Crippen LogP contribution in [0, 0.1) is 0 Å². The Labute approximate surface area is 111 Å². The van der Waals surface area contributed by atoms with Crippen LogP contribution >= 0.6 is 0 Å². The molecule has 106 valence electrons. The molecule has 0 aromatic heterocycles. The minimum absolute atomic E-state index is 0.0276. The van der Waals surface area contributed by atoms with Crippen molar-refractivity contribution in [3.8, 4) is 11.5 Å². The molecule has 0 radical (unpaired) electrons. The third-order valence-electron chi connectivity index (χ3n) is 2.96. The third kappa shape index (κ3) is 2.34. The summed E-state index contributed by atoms with van der Waals surface area (Å²) in [7, 11) is -0.907. The molecule has 1 fully saturated rings. The number of anilines is 1. The average Bonchev–Trinajstić information content (AvgIpc) is 2.34. The van der Waals surface area contributed by atoms with Crippen molar-refractivity contribution in [1.29, 1.82) is 0 Å². The second-order valence-corrected chi connectivity index (χ2v) is 6.13. The summed E-state index contributed by atoms with van der Waals surface area (Å²) < 4.78 is 35.9. The Hall–Kier alpha value is -1.51. The highest BCUT2D eigenvalue weighted by Crippen LogP contribution is 2.36. The van der Waals surface area contributed by atoms with Crippen molar-refractivity contribution < 1.29 is 23.0 Å². The number of ether oxygens (including phenoxy) is 2. The summed E-state index contributed by atoms with van der Waals surface area (Å²) >= 11 is 0. The van der Waals surface area contributed by atoms with Crippen molar-refractivity contribution >= 4 is 15.7 Å². The average molecular weight is 288 g/mol. The largest absolute Gasteiger partial charge is 0.495 e. The predicted octanol–water partition coefficient (Wildman–Crippen LogP) is -0.349. The highest BCUT2D eigenvalue weighted by atomic mass is 32.2. The predicted molar refractivity (Wildman–Crippen MR) is 68.7 cm³/mol. The van der Waals surface area contributed by atoms with Crippen molar-refractivity contribution in [3.63, 3.8) is 0 Å². The topological polar surface area (TPSA) is 102 Å². The maximum Gasteiger partial charge on any atom is 0.247 e. The fourth-order valence-electron chi connectivity index (χ4n) is 1.85. The first-order valence-electron chi connectivity index (χ1n) is 5.60. The van der Waals surface area contributed by atoms with Gasteiger partial charge in [-0.25, -0.2) is 8.42 Å². The first-order valence-corrected chi connectivity index (χ1v) is 7.04. The minimum Gasteiger partial charge on any atom is -0.495 e. The van der Waals surface area contributed by atoms with E-state index >= 15 is 0 Å². The van der Waals surface area contributed by atoms with Crippen LogP contribution in [0.2, 0.25) is 0 Å². The molecular weight excluding hydrogens is 272 g/mol. The molecule has 19 heavy (non-hydrogen) atoms. The Morgan fingerprint density at radius 1 is 1.26 bits per heavy atom. The summed E-state index contributed by atoms with van der Waals surface area (Å²) in [5.41, 5.74) is 5.94. The summed E-state index contributed by atoms with van der Waals surface area (Å²) in [5.74, 6) is 0.506. The van der Waals surface area contributed by atoms with Crippen LogP contribution in [0.1, 0.15) is 0 Å². The van der Waals surface area contributed by atoms with E-state index in [1.165, 1.54) is 30.7 Å². The molecule has 2 rings (SSSR count). The van der Waals surface area contributed by atoms with Gasteiger partial charge in [-0.3, -0.25) is 0 Å². The lowest BCUT2D eigenvalue weighted by molar-refractivity contribution is 0.0547. The van der Waals surface area contributed by atoms with E-state index in [0.717, 1.165) is 0 Å². The van der Waals surface area contributed by atoms with Crippen LogP contribution in [-0.2, 0) is 10.0 Å². The maximum absolute atomic E-state index is 12.3. The number of benzene rings is 1. The minimum atomic E-state index is -3.71. The molecule has 3 N–H and O–H groups in total. The number of nitrogens with two attached hydrogens (primary N) is 1. The van der Waals surface area contributed by atoms with E-state index in [0.29, 0.717) is 5.75 Å². The Morgan fingerprint density at radius 3 is 2.32 bits per heavy atom. The van der Waals surface area contributed by atoms with Crippen LogP contribution < -0.4 is 15.2 Å². The Morgan fingerprint density at radius 2 is 1.84 bits per heavy atom. The van der Waals surface area contributed by atoms with Crippen LogP contribution in [0.4, 0.5) is 5.69 Å². The number of rotatable bonds is 4. The number of aliphatic hydroxyl groups excluding tert-OH is 1. The first kappa shape index (κ1) is 13.9. The Balaban J connectivity index is 2.47. The van der Waals surface area contributed by atoms with E-state index in [2.05, 4.69) is 0 Å². The molecule has 8 heteroatoms. The third-order valence-corrected chi connectivity index (χ3v) is 4.82. The fourth-order valence-corrected chi connectivity index (χ4v) is 3.53. The number of β-amino-alcohol motifs (C(OH)–C–C–N with tert-alkyl or cyclic N) is 1. The van der Waals surface area contributed by atoms with Crippen molar-refractivity contribution in [2.24, 2.45) is 0 Å². The van der Waals surface area contributed by atoms with Crippen LogP contribution in [0.3, 0.4) is 0 Å². The Bertz CT molecular complexity index is 581. The second kappa shape index (κ2) is 4.87. The number of methoxy groups -OCH3 is 2. The molecule has 0 bridgehead atoms. The van der Waals surface area contributed by atoms with Gasteiger partial charge in [0.1, 0.15) is 16.4 Å². The molecule has 1 saturated heterocycles. The normalized spacial score (nSPS) is 17.0. The number of sulfonamides is 1. The zero-order valence-corrected chi connectivity index (χ0v) is 11.5. The lowest BCUT2D eigenvalue weighted by Crippen LogP contribution is -2.53. The van der Waals surface area contributed by atoms with Crippen molar-refractivity contribution in [3.05, 3.63) is 12.1 Å². The quantitative estimate of drug-likeness (QED) is 0.734. The molecule has 0 saturated carbocycles. The zero-order chi connectivity index (χ0) is 14.2.